The van der Waals surface area contributed by atoms with Crippen molar-refractivity contribution in [1.82, 2.24) is 25.3 Å². The molecule has 2 fully saturated rings. The zero-order valence-electron chi connectivity index (χ0n) is 11.7. The maximum absolute atomic E-state index is 5.92. The first-order valence-electron chi connectivity index (χ1n) is 7.34. The summed E-state index contributed by atoms with van der Waals surface area (Å²) in [5.41, 5.74) is 4.31. The van der Waals surface area contributed by atoms with E-state index in [1.165, 1.54) is 51.6 Å². The molecule has 0 radical (unpaired) electrons. The first kappa shape index (κ1) is 13.0. The van der Waals surface area contributed by atoms with E-state index in [1.807, 2.05) is 17.9 Å². The van der Waals surface area contributed by atoms with Crippen molar-refractivity contribution >= 4 is 0 Å². The number of hydrogen-bond donors (Lipinski definition) is 2. The van der Waals surface area contributed by atoms with Crippen molar-refractivity contribution in [2.45, 2.75) is 50.1 Å². The molecule has 1 unspecified atom stereocenters. The highest BCUT2D eigenvalue weighted by Gasteiger charge is 2.48. The minimum atomic E-state index is 0.119. The van der Waals surface area contributed by atoms with Gasteiger partial charge in [0.25, 0.3) is 0 Å². The summed E-state index contributed by atoms with van der Waals surface area (Å²) >= 11 is 0. The lowest BCUT2D eigenvalue weighted by Crippen LogP contribution is -2.56. The van der Waals surface area contributed by atoms with Gasteiger partial charge in [0.2, 0.25) is 0 Å². The molecule has 1 atom stereocenters. The molecular formula is C13H24N6. The van der Waals surface area contributed by atoms with Gasteiger partial charge in [0, 0.05) is 12.6 Å². The molecule has 3 N–H and O–H groups in total. The second-order valence-corrected chi connectivity index (χ2v) is 5.89. The number of aromatic nitrogens is 3. The molecule has 0 spiro atoms. The van der Waals surface area contributed by atoms with E-state index in [-0.39, 0.29) is 11.6 Å². The van der Waals surface area contributed by atoms with Crippen LogP contribution in [0.4, 0.5) is 0 Å². The van der Waals surface area contributed by atoms with Crippen LogP contribution in [0.25, 0.3) is 0 Å². The van der Waals surface area contributed by atoms with E-state index < -0.39 is 0 Å². The maximum atomic E-state index is 5.92. The molecule has 6 heteroatoms. The van der Waals surface area contributed by atoms with Gasteiger partial charge < -0.3 is 0 Å². The fourth-order valence-electron chi connectivity index (χ4n) is 4.01. The zero-order valence-corrected chi connectivity index (χ0v) is 11.7. The van der Waals surface area contributed by atoms with Crippen LogP contribution in [0, 0.1) is 0 Å². The fraction of sp³-hybridized carbons (Fsp3) is 0.846. The summed E-state index contributed by atoms with van der Waals surface area (Å²) in [4.78, 5) is 2.65. The van der Waals surface area contributed by atoms with Crippen molar-refractivity contribution in [2.75, 3.05) is 13.1 Å². The van der Waals surface area contributed by atoms with Gasteiger partial charge in [-0.15, -0.1) is 5.10 Å². The van der Waals surface area contributed by atoms with Gasteiger partial charge in [-0.1, -0.05) is 18.1 Å². The van der Waals surface area contributed by atoms with E-state index >= 15 is 0 Å². The minimum absolute atomic E-state index is 0.119. The smallest absolute Gasteiger partial charge is 0.0828 e. The Kier molecular flexibility index (Phi) is 3.56. The molecule has 3 rings (SSSR count). The average molecular weight is 264 g/mol. The van der Waals surface area contributed by atoms with E-state index in [0.29, 0.717) is 0 Å². The first-order chi connectivity index (χ1) is 9.28. The highest BCUT2D eigenvalue weighted by Crippen LogP contribution is 2.45. The predicted octanol–water partition coefficient (Wildman–Crippen LogP) is 0.728. The van der Waals surface area contributed by atoms with E-state index in [0.717, 1.165) is 5.69 Å². The quantitative estimate of drug-likeness (QED) is 0.619. The molecule has 1 aliphatic heterocycles. The van der Waals surface area contributed by atoms with Crippen molar-refractivity contribution in [1.29, 1.82) is 0 Å². The molecule has 106 valence electrons. The fourth-order valence-corrected chi connectivity index (χ4v) is 4.01. The Bertz CT molecular complexity index is 417. The van der Waals surface area contributed by atoms with Crippen LogP contribution in [0.2, 0.25) is 0 Å². The van der Waals surface area contributed by atoms with Gasteiger partial charge in [-0.3, -0.25) is 15.4 Å². The molecule has 1 saturated carbocycles. The molecular weight excluding hydrogens is 240 g/mol. The van der Waals surface area contributed by atoms with Gasteiger partial charge in [-0.25, -0.2) is 5.43 Å². The van der Waals surface area contributed by atoms with Gasteiger partial charge in [-0.2, -0.15) is 0 Å². The second kappa shape index (κ2) is 5.19. The van der Waals surface area contributed by atoms with Crippen molar-refractivity contribution in [3.05, 3.63) is 11.9 Å². The van der Waals surface area contributed by atoms with E-state index in [9.17, 15) is 0 Å². The SMILES string of the molecule is Cn1nncc1C(NN)C1(N2CCCC2)CCCC1. The summed E-state index contributed by atoms with van der Waals surface area (Å²) in [6.45, 7) is 2.40. The van der Waals surface area contributed by atoms with Crippen LogP contribution in [0.1, 0.15) is 50.3 Å². The molecule has 1 aromatic rings. The molecule has 1 aliphatic carbocycles. The van der Waals surface area contributed by atoms with Crippen LogP contribution in [0.5, 0.6) is 0 Å². The van der Waals surface area contributed by atoms with Gasteiger partial charge in [0.1, 0.15) is 0 Å². The van der Waals surface area contributed by atoms with Crippen LogP contribution < -0.4 is 11.3 Å². The molecule has 1 aromatic heterocycles. The molecule has 19 heavy (non-hydrogen) atoms. The summed E-state index contributed by atoms with van der Waals surface area (Å²) in [7, 11) is 1.94. The van der Waals surface area contributed by atoms with Crippen LogP contribution >= 0.6 is 0 Å². The molecule has 6 nitrogen and oxygen atoms in total. The summed E-state index contributed by atoms with van der Waals surface area (Å²) in [5, 5.41) is 8.09. The lowest BCUT2D eigenvalue weighted by molar-refractivity contribution is 0.0731. The van der Waals surface area contributed by atoms with E-state index in [1.54, 1.807) is 0 Å². The molecule has 0 bridgehead atoms. The van der Waals surface area contributed by atoms with Crippen LogP contribution in [-0.2, 0) is 7.05 Å². The number of rotatable bonds is 4. The summed E-state index contributed by atoms with van der Waals surface area (Å²) in [6, 6.07) is 0.119. The minimum Gasteiger partial charge on any atom is -0.296 e. The molecule has 2 heterocycles. The number of likely N-dealkylation sites (tertiary alicyclic amines) is 1. The monoisotopic (exact) mass is 264 g/mol. The number of aryl methyl sites for hydroxylation is 1. The first-order valence-corrected chi connectivity index (χ1v) is 7.34. The lowest BCUT2D eigenvalue weighted by Gasteiger charge is -2.44. The van der Waals surface area contributed by atoms with Crippen LogP contribution in [0.3, 0.4) is 0 Å². The lowest BCUT2D eigenvalue weighted by atomic mass is 9.84. The standard InChI is InChI=1S/C13H24N6/c1-18-11(10-15-17-18)12(16-14)13(6-2-3-7-13)19-8-4-5-9-19/h10,12,16H,2-9,14H2,1H3. The van der Waals surface area contributed by atoms with Gasteiger partial charge in [0.05, 0.1) is 17.9 Å². The van der Waals surface area contributed by atoms with Crippen molar-refractivity contribution in [3.8, 4) is 0 Å². The molecule has 2 aliphatic rings. The Hall–Kier alpha value is -0.980. The highest BCUT2D eigenvalue weighted by atomic mass is 15.4. The second-order valence-electron chi connectivity index (χ2n) is 5.89. The summed E-state index contributed by atoms with van der Waals surface area (Å²) < 4.78 is 1.85. The molecule has 0 aromatic carbocycles. The maximum Gasteiger partial charge on any atom is 0.0828 e. The summed E-state index contributed by atoms with van der Waals surface area (Å²) in [6.07, 6.45) is 9.48. The topological polar surface area (TPSA) is 72.0 Å². The Morgan fingerprint density at radius 2 is 1.95 bits per heavy atom. The Labute approximate surface area is 114 Å². The third-order valence-corrected chi connectivity index (χ3v) is 4.95. The van der Waals surface area contributed by atoms with Gasteiger partial charge in [-0.05, 0) is 38.8 Å². The number of hydrogen-bond acceptors (Lipinski definition) is 5. The number of nitrogens with zero attached hydrogens (tertiary/aromatic N) is 4. The van der Waals surface area contributed by atoms with Crippen molar-refractivity contribution in [2.24, 2.45) is 12.9 Å². The largest absolute Gasteiger partial charge is 0.296 e. The normalized spacial score (nSPS) is 24.9. The van der Waals surface area contributed by atoms with Crippen molar-refractivity contribution in [3.63, 3.8) is 0 Å². The third kappa shape index (κ3) is 2.07. The number of nitrogens with two attached hydrogens (primary N) is 1. The summed E-state index contributed by atoms with van der Waals surface area (Å²) in [5.74, 6) is 5.92. The molecule has 1 saturated heterocycles. The van der Waals surface area contributed by atoms with Crippen molar-refractivity contribution < 1.29 is 0 Å². The number of nitrogens with one attached hydrogen (secondary N) is 1. The third-order valence-electron chi connectivity index (χ3n) is 4.95. The van der Waals surface area contributed by atoms with E-state index in [4.69, 9.17) is 5.84 Å². The Morgan fingerprint density at radius 3 is 2.47 bits per heavy atom. The van der Waals surface area contributed by atoms with E-state index in [2.05, 4.69) is 20.6 Å². The number of hydrazine groups is 1. The van der Waals surface area contributed by atoms with Gasteiger partial charge in [0.15, 0.2) is 0 Å². The Balaban J connectivity index is 1.95. The molecule has 0 amide bonds. The van der Waals surface area contributed by atoms with Crippen LogP contribution in [-0.4, -0.2) is 38.5 Å². The Morgan fingerprint density at radius 1 is 1.26 bits per heavy atom. The highest BCUT2D eigenvalue weighted by molar-refractivity contribution is 5.15. The average Bonchev–Trinajstić information content (AvgIpc) is 3.12. The van der Waals surface area contributed by atoms with Crippen LogP contribution in [0.15, 0.2) is 6.20 Å². The predicted molar refractivity (Wildman–Crippen MR) is 73.1 cm³/mol. The van der Waals surface area contributed by atoms with Gasteiger partial charge >= 0.3 is 0 Å². The zero-order chi connectivity index (χ0) is 13.3.